The second-order valence-corrected chi connectivity index (χ2v) is 10.3. The van der Waals surface area contributed by atoms with Gasteiger partial charge in [-0.2, -0.15) is 5.10 Å². The number of benzene rings is 4. The maximum absolute atomic E-state index is 10.5. The highest BCUT2D eigenvalue weighted by atomic mass is 16.3. The second kappa shape index (κ2) is 9.24. The van der Waals surface area contributed by atoms with Gasteiger partial charge in [-0.25, -0.2) is 14.7 Å². The lowest BCUT2D eigenvalue weighted by Gasteiger charge is -2.40. The molecule has 1 aromatic heterocycles. The Morgan fingerprint density at radius 3 is 2.38 bits per heavy atom. The van der Waals surface area contributed by atoms with Crippen LogP contribution in [0, 0.1) is 20.8 Å². The quantitative estimate of drug-likeness (QED) is 0.260. The number of para-hydroxylation sites is 2. The van der Waals surface area contributed by atoms with E-state index < -0.39 is 0 Å². The summed E-state index contributed by atoms with van der Waals surface area (Å²) in [6.07, 6.45) is 0. The number of fused-ring (bicyclic) bond motifs is 4. The fraction of sp³-hybridized carbons (Fsp3) is 0.121. The van der Waals surface area contributed by atoms with Gasteiger partial charge in [-0.1, -0.05) is 54.1 Å². The van der Waals surface area contributed by atoms with Crippen molar-refractivity contribution >= 4 is 34.6 Å². The smallest absolute Gasteiger partial charge is 0.179 e. The Labute approximate surface area is 232 Å². The molecule has 0 fully saturated rings. The van der Waals surface area contributed by atoms with Gasteiger partial charge in [0.05, 0.1) is 28.8 Å². The van der Waals surface area contributed by atoms with Gasteiger partial charge >= 0.3 is 0 Å². The summed E-state index contributed by atoms with van der Waals surface area (Å²) in [6.45, 7) is 6.17. The summed E-state index contributed by atoms with van der Waals surface area (Å²) >= 11 is 0. The number of anilines is 2. The molecule has 1 atom stereocenters. The van der Waals surface area contributed by atoms with E-state index in [9.17, 15) is 5.11 Å². The standard InChI is InChI=1S/C33H28N6O/c1-20-14-16-25(17-15-20)39-32-29(22(3)37-39)30(23-9-7-11-26(40)19-23)38-28-13-5-4-12-27(28)35-31(33(38)36-32)34-24-10-6-8-21(2)18-24/h4-19,30,40H,1-3H3,(H,34,35)/t30-/m1/s1. The number of amidine groups is 2. The van der Waals surface area contributed by atoms with Gasteiger partial charge in [-0.15, -0.1) is 0 Å². The lowest BCUT2D eigenvalue weighted by Crippen LogP contribution is -2.46. The van der Waals surface area contributed by atoms with Gasteiger partial charge in [-0.3, -0.25) is 0 Å². The minimum Gasteiger partial charge on any atom is -0.508 e. The third-order valence-electron chi connectivity index (χ3n) is 7.38. The van der Waals surface area contributed by atoms with Crippen molar-refractivity contribution in [1.29, 1.82) is 0 Å². The summed E-state index contributed by atoms with van der Waals surface area (Å²) in [5.74, 6) is 2.30. The molecule has 2 aliphatic rings. The van der Waals surface area contributed by atoms with E-state index in [2.05, 4.69) is 66.5 Å². The number of rotatable bonds is 3. The molecule has 7 heteroatoms. The van der Waals surface area contributed by atoms with E-state index in [4.69, 9.17) is 15.1 Å². The molecule has 0 amide bonds. The molecule has 0 saturated carbocycles. The van der Waals surface area contributed by atoms with Crippen molar-refractivity contribution in [2.75, 3.05) is 10.2 Å². The SMILES string of the molecule is Cc1ccc(-n2nc(C)c3c2N=C2C(Nc4cccc(C)c4)=Nc4ccccc4N2[C@@H]3c2cccc(O)c2)cc1. The minimum atomic E-state index is -0.292. The van der Waals surface area contributed by atoms with Gasteiger partial charge in [0.25, 0.3) is 0 Å². The van der Waals surface area contributed by atoms with Crippen molar-refractivity contribution in [2.24, 2.45) is 9.98 Å². The van der Waals surface area contributed by atoms with E-state index in [0.29, 0.717) is 11.7 Å². The molecule has 40 heavy (non-hydrogen) atoms. The molecular weight excluding hydrogens is 496 g/mol. The molecule has 2 aliphatic heterocycles. The zero-order valence-corrected chi connectivity index (χ0v) is 22.5. The Morgan fingerprint density at radius 1 is 0.775 bits per heavy atom. The molecule has 0 saturated heterocycles. The number of aromatic hydroxyl groups is 1. The molecule has 2 N–H and O–H groups in total. The zero-order chi connectivity index (χ0) is 27.4. The lowest BCUT2D eigenvalue weighted by molar-refractivity contribution is 0.474. The number of aliphatic imine (C=N–C) groups is 2. The molecule has 7 nitrogen and oxygen atoms in total. The fourth-order valence-corrected chi connectivity index (χ4v) is 5.53. The largest absolute Gasteiger partial charge is 0.508 e. The Balaban J connectivity index is 1.50. The summed E-state index contributed by atoms with van der Waals surface area (Å²) in [7, 11) is 0. The third kappa shape index (κ3) is 3.94. The monoisotopic (exact) mass is 524 g/mol. The van der Waals surface area contributed by atoms with Crippen LogP contribution in [0.2, 0.25) is 0 Å². The van der Waals surface area contributed by atoms with E-state index in [0.717, 1.165) is 51.0 Å². The van der Waals surface area contributed by atoms with Gasteiger partial charge < -0.3 is 15.3 Å². The highest BCUT2D eigenvalue weighted by Crippen LogP contribution is 2.48. The van der Waals surface area contributed by atoms with Crippen LogP contribution in [0.4, 0.5) is 22.9 Å². The van der Waals surface area contributed by atoms with Crippen LogP contribution in [-0.2, 0) is 0 Å². The number of phenolic OH excluding ortho intramolecular Hbond substituents is 1. The Hall–Kier alpha value is -5.17. The summed E-state index contributed by atoms with van der Waals surface area (Å²) < 4.78 is 1.91. The van der Waals surface area contributed by atoms with Crippen molar-refractivity contribution in [3.05, 3.63) is 125 Å². The number of phenols is 1. The summed E-state index contributed by atoms with van der Waals surface area (Å²) in [5.41, 5.74) is 8.78. The van der Waals surface area contributed by atoms with Crippen molar-refractivity contribution in [3.8, 4) is 11.4 Å². The van der Waals surface area contributed by atoms with E-state index in [-0.39, 0.29) is 11.8 Å². The molecule has 196 valence electrons. The zero-order valence-electron chi connectivity index (χ0n) is 22.5. The Bertz CT molecular complexity index is 1830. The topological polar surface area (TPSA) is 78.0 Å². The molecule has 0 radical (unpaired) electrons. The normalized spacial score (nSPS) is 15.5. The highest BCUT2D eigenvalue weighted by molar-refractivity contribution is 6.51. The fourth-order valence-electron chi connectivity index (χ4n) is 5.53. The van der Waals surface area contributed by atoms with Crippen LogP contribution in [0.1, 0.15) is 34.0 Å². The van der Waals surface area contributed by atoms with Crippen molar-refractivity contribution in [2.45, 2.75) is 26.8 Å². The van der Waals surface area contributed by atoms with Crippen molar-refractivity contribution < 1.29 is 5.11 Å². The van der Waals surface area contributed by atoms with Gasteiger partial charge in [0, 0.05) is 11.3 Å². The van der Waals surface area contributed by atoms with Gasteiger partial charge in [0.1, 0.15) is 5.75 Å². The number of hydrogen-bond acceptors (Lipinski definition) is 6. The van der Waals surface area contributed by atoms with Crippen LogP contribution in [0.15, 0.2) is 107 Å². The number of aromatic nitrogens is 2. The summed E-state index contributed by atoms with van der Waals surface area (Å²) in [5, 5.41) is 19.1. The average molecular weight is 525 g/mol. The van der Waals surface area contributed by atoms with Gasteiger partial charge in [0.15, 0.2) is 17.5 Å². The number of hydrogen-bond donors (Lipinski definition) is 2. The maximum atomic E-state index is 10.5. The molecule has 0 unspecified atom stereocenters. The lowest BCUT2D eigenvalue weighted by atomic mass is 9.93. The average Bonchev–Trinajstić information content (AvgIpc) is 3.28. The third-order valence-corrected chi connectivity index (χ3v) is 7.38. The molecule has 5 aromatic rings. The first-order chi connectivity index (χ1) is 19.5. The second-order valence-electron chi connectivity index (χ2n) is 10.3. The van der Waals surface area contributed by atoms with Crippen LogP contribution in [0.25, 0.3) is 5.69 Å². The van der Waals surface area contributed by atoms with Crippen LogP contribution in [0.5, 0.6) is 5.75 Å². The summed E-state index contributed by atoms with van der Waals surface area (Å²) in [4.78, 5) is 12.5. The van der Waals surface area contributed by atoms with Crippen LogP contribution in [-0.4, -0.2) is 26.6 Å². The van der Waals surface area contributed by atoms with E-state index in [1.165, 1.54) is 5.56 Å². The molecule has 7 rings (SSSR count). The van der Waals surface area contributed by atoms with E-state index in [1.807, 2.05) is 60.1 Å². The van der Waals surface area contributed by atoms with Crippen LogP contribution < -0.4 is 10.2 Å². The first-order valence-corrected chi connectivity index (χ1v) is 13.3. The Morgan fingerprint density at radius 2 is 1.57 bits per heavy atom. The first-order valence-electron chi connectivity index (χ1n) is 13.3. The molecule has 4 aromatic carbocycles. The number of nitrogens with one attached hydrogen (secondary N) is 1. The van der Waals surface area contributed by atoms with Crippen molar-refractivity contribution in [3.63, 3.8) is 0 Å². The van der Waals surface area contributed by atoms with Crippen LogP contribution in [0.3, 0.4) is 0 Å². The molecule has 0 aliphatic carbocycles. The van der Waals surface area contributed by atoms with Crippen molar-refractivity contribution in [1.82, 2.24) is 9.78 Å². The molecule has 0 spiro atoms. The number of aryl methyl sites for hydroxylation is 3. The number of nitrogens with zero attached hydrogens (tertiary/aromatic N) is 5. The molecule has 3 heterocycles. The van der Waals surface area contributed by atoms with Gasteiger partial charge in [0.2, 0.25) is 0 Å². The van der Waals surface area contributed by atoms with Crippen LogP contribution >= 0.6 is 0 Å². The van der Waals surface area contributed by atoms with E-state index >= 15 is 0 Å². The van der Waals surface area contributed by atoms with E-state index in [1.54, 1.807) is 6.07 Å². The minimum absolute atomic E-state index is 0.212. The summed E-state index contributed by atoms with van der Waals surface area (Å²) in [6, 6.07) is 31.8. The molecular formula is C33H28N6O. The Kier molecular flexibility index (Phi) is 5.52. The predicted molar refractivity (Wildman–Crippen MR) is 161 cm³/mol. The highest BCUT2D eigenvalue weighted by Gasteiger charge is 2.41. The maximum Gasteiger partial charge on any atom is 0.179 e. The van der Waals surface area contributed by atoms with Gasteiger partial charge in [-0.05, 0) is 80.4 Å². The first kappa shape index (κ1) is 23.9. The predicted octanol–water partition coefficient (Wildman–Crippen LogP) is 7.30. The molecule has 0 bridgehead atoms.